The first kappa shape index (κ1) is 14.7. The summed E-state index contributed by atoms with van der Waals surface area (Å²) in [5, 5.41) is 6.78. The van der Waals surface area contributed by atoms with Gasteiger partial charge in [0, 0.05) is 39.3 Å². The second kappa shape index (κ2) is 5.94. The number of fused-ring (bicyclic) bond motifs is 1. The molecule has 0 radical (unpaired) electrons. The fourth-order valence-electron chi connectivity index (χ4n) is 2.65. The molecule has 4 aromatic rings. The maximum absolute atomic E-state index is 12.1. The van der Waals surface area contributed by atoms with Crippen molar-refractivity contribution in [3.63, 3.8) is 0 Å². The highest BCUT2D eigenvalue weighted by molar-refractivity contribution is 7.14. The van der Waals surface area contributed by atoms with Crippen molar-refractivity contribution in [2.75, 3.05) is 5.32 Å². The summed E-state index contributed by atoms with van der Waals surface area (Å²) in [5.74, 6) is 0. The van der Waals surface area contributed by atoms with Crippen LogP contribution in [0.5, 0.6) is 0 Å². The Morgan fingerprint density at radius 3 is 2.75 bits per heavy atom. The van der Waals surface area contributed by atoms with Crippen LogP contribution in [-0.4, -0.2) is 9.97 Å². The Kier molecular flexibility index (Phi) is 3.63. The first-order chi connectivity index (χ1) is 11.7. The molecule has 0 spiro atoms. The number of aromatic amines is 1. The van der Waals surface area contributed by atoms with Gasteiger partial charge in [-0.3, -0.25) is 4.79 Å². The molecule has 0 fully saturated rings. The van der Waals surface area contributed by atoms with Crippen molar-refractivity contribution in [2.45, 2.75) is 6.92 Å². The summed E-state index contributed by atoms with van der Waals surface area (Å²) in [6.07, 6.45) is 0. The Balaban J connectivity index is 1.65. The van der Waals surface area contributed by atoms with Crippen LogP contribution in [0.25, 0.3) is 22.2 Å². The van der Waals surface area contributed by atoms with Crippen molar-refractivity contribution in [3.05, 3.63) is 75.9 Å². The second-order valence-corrected chi connectivity index (χ2v) is 6.46. The number of aromatic nitrogens is 2. The summed E-state index contributed by atoms with van der Waals surface area (Å²) in [7, 11) is 0. The Labute approximate surface area is 142 Å². The fraction of sp³-hybridized carbons (Fsp3) is 0.0526. The van der Waals surface area contributed by atoms with E-state index in [1.54, 1.807) is 17.4 Å². The van der Waals surface area contributed by atoms with Gasteiger partial charge in [-0.05, 0) is 25.1 Å². The minimum atomic E-state index is 0.0222. The minimum absolute atomic E-state index is 0.0222. The smallest absolute Gasteiger partial charge is 0.189 e. The van der Waals surface area contributed by atoms with Gasteiger partial charge in [0.05, 0.1) is 5.69 Å². The molecule has 2 aromatic heterocycles. The van der Waals surface area contributed by atoms with Crippen LogP contribution >= 0.6 is 11.3 Å². The van der Waals surface area contributed by atoms with Crippen molar-refractivity contribution < 1.29 is 0 Å². The molecule has 0 amide bonds. The lowest BCUT2D eigenvalue weighted by Crippen LogP contribution is -2.03. The van der Waals surface area contributed by atoms with Crippen LogP contribution in [-0.2, 0) is 0 Å². The molecule has 0 aliphatic heterocycles. The summed E-state index contributed by atoms with van der Waals surface area (Å²) in [6, 6.07) is 17.4. The highest BCUT2D eigenvalue weighted by Gasteiger charge is 2.06. The number of nitrogens with one attached hydrogen (secondary N) is 2. The molecular weight excluding hydrogens is 318 g/mol. The molecule has 24 heavy (non-hydrogen) atoms. The molecular formula is C19H15N3OS. The van der Waals surface area contributed by atoms with Crippen molar-refractivity contribution in [3.8, 4) is 11.3 Å². The second-order valence-electron chi connectivity index (χ2n) is 5.61. The van der Waals surface area contributed by atoms with E-state index in [1.165, 1.54) is 0 Å². The minimum Gasteiger partial charge on any atom is -0.358 e. The van der Waals surface area contributed by atoms with Crippen LogP contribution in [0.15, 0.2) is 64.8 Å². The van der Waals surface area contributed by atoms with Gasteiger partial charge >= 0.3 is 0 Å². The summed E-state index contributed by atoms with van der Waals surface area (Å²) in [6.45, 7) is 1.88. The molecule has 0 saturated heterocycles. The largest absolute Gasteiger partial charge is 0.358 e. The SMILES string of the molecule is Cc1cc(=O)c2cc(Nc3nc(-c4ccccc4)cs3)ccc2[nH]1. The number of pyridine rings is 1. The number of H-pyrrole nitrogens is 1. The van der Waals surface area contributed by atoms with Crippen LogP contribution in [0, 0.1) is 6.92 Å². The standard InChI is InChI=1S/C19H15N3OS/c1-12-9-18(23)15-10-14(7-8-16(15)20-12)21-19-22-17(11-24-19)13-5-3-2-4-6-13/h2-11H,1H3,(H,20,23)(H,21,22). The van der Waals surface area contributed by atoms with Gasteiger partial charge in [0.1, 0.15) is 0 Å². The number of anilines is 2. The Hall–Kier alpha value is -2.92. The zero-order chi connectivity index (χ0) is 16.5. The highest BCUT2D eigenvalue weighted by atomic mass is 32.1. The highest BCUT2D eigenvalue weighted by Crippen LogP contribution is 2.27. The molecule has 4 rings (SSSR count). The van der Waals surface area contributed by atoms with Gasteiger partial charge in [0.15, 0.2) is 10.6 Å². The van der Waals surface area contributed by atoms with Crippen molar-refractivity contribution >= 4 is 33.1 Å². The van der Waals surface area contributed by atoms with E-state index in [9.17, 15) is 4.79 Å². The Morgan fingerprint density at radius 1 is 1.08 bits per heavy atom. The number of hydrogen-bond acceptors (Lipinski definition) is 4. The number of rotatable bonds is 3. The maximum Gasteiger partial charge on any atom is 0.189 e. The van der Waals surface area contributed by atoms with E-state index >= 15 is 0 Å². The third-order valence-corrected chi connectivity index (χ3v) is 4.55. The van der Waals surface area contributed by atoms with Crippen molar-refractivity contribution in [1.29, 1.82) is 0 Å². The van der Waals surface area contributed by atoms with Gasteiger partial charge in [-0.25, -0.2) is 4.98 Å². The predicted octanol–water partition coefficient (Wildman–Crippen LogP) is 4.70. The average Bonchev–Trinajstić information content (AvgIpc) is 3.05. The van der Waals surface area contributed by atoms with Gasteiger partial charge in [0.2, 0.25) is 0 Å². The summed E-state index contributed by atoms with van der Waals surface area (Å²) in [5.41, 5.74) is 4.61. The molecule has 2 aromatic carbocycles. The molecule has 0 atom stereocenters. The molecule has 0 aliphatic rings. The topological polar surface area (TPSA) is 57.8 Å². The van der Waals surface area contributed by atoms with Crippen LogP contribution in [0.2, 0.25) is 0 Å². The van der Waals surface area contributed by atoms with Gasteiger partial charge in [-0.15, -0.1) is 11.3 Å². The fourth-order valence-corrected chi connectivity index (χ4v) is 3.39. The van der Waals surface area contributed by atoms with E-state index in [1.807, 2.05) is 60.8 Å². The molecule has 2 N–H and O–H groups in total. The molecule has 0 bridgehead atoms. The van der Waals surface area contributed by atoms with Crippen LogP contribution in [0.4, 0.5) is 10.8 Å². The van der Waals surface area contributed by atoms with Gasteiger partial charge in [-0.2, -0.15) is 0 Å². The maximum atomic E-state index is 12.1. The average molecular weight is 333 g/mol. The van der Waals surface area contributed by atoms with Crippen LogP contribution in [0.3, 0.4) is 0 Å². The number of aryl methyl sites for hydroxylation is 1. The summed E-state index contributed by atoms with van der Waals surface area (Å²) in [4.78, 5) is 20.0. The number of benzene rings is 2. The Morgan fingerprint density at radius 2 is 1.92 bits per heavy atom. The molecule has 0 unspecified atom stereocenters. The Bertz CT molecular complexity index is 1070. The van der Waals surface area contributed by atoms with E-state index in [0.29, 0.717) is 5.39 Å². The van der Waals surface area contributed by atoms with E-state index in [2.05, 4.69) is 15.3 Å². The van der Waals surface area contributed by atoms with E-state index in [4.69, 9.17) is 0 Å². The lowest BCUT2D eigenvalue weighted by molar-refractivity contribution is 1.24. The lowest BCUT2D eigenvalue weighted by Gasteiger charge is -2.05. The van der Waals surface area contributed by atoms with Crippen molar-refractivity contribution in [1.82, 2.24) is 9.97 Å². The van der Waals surface area contributed by atoms with Crippen molar-refractivity contribution in [2.24, 2.45) is 0 Å². The molecule has 0 aliphatic carbocycles. The van der Waals surface area contributed by atoms with E-state index in [0.717, 1.165) is 33.3 Å². The van der Waals surface area contributed by atoms with Crippen LogP contribution in [0.1, 0.15) is 5.69 Å². The predicted molar refractivity (Wildman–Crippen MR) is 100 cm³/mol. The number of thiazole rings is 1. The zero-order valence-corrected chi connectivity index (χ0v) is 13.9. The van der Waals surface area contributed by atoms with Gasteiger partial charge < -0.3 is 10.3 Å². The van der Waals surface area contributed by atoms with E-state index in [-0.39, 0.29) is 5.43 Å². The molecule has 2 heterocycles. The van der Waals surface area contributed by atoms with Gasteiger partial charge in [0.25, 0.3) is 0 Å². The van der Waals surface area contributed by atoms with Gasteiger partial charge in [-0.1, -0.05) is 30.3 Å². The number of hydrogen-bond donors (Lipinski definition) is 2. The molecule has 4 nitrogen and oxygen atoms in total. The van der Waals surface area contributed by atoms with Crippen LogP contribution < -0.4 is 10.7 Å². The monoisotopic (exact) mass is 333 g/mol. The first-order valence-corrected chi connectivity index (χ1v) is 8.49. The summed E-state index contributed by atoms with van der Waals surface area (Å²) < 4.78 is 0. The third kappa shape index (κ3) is 2.81. The quantitative estimate of drug-likeness (QED) is 0.571. The molecule has 118 valence electrons. The normalized spacial score (nSPS) is 10.9. The molecule has 0 saturated carbocycles. The zero-order valence-electron chi connectivity index (χ0n) is 13.0. The molecule has 5 heteroatoms. The lowest BCUT2D eigenvalue weighted by atomic mass is 10.2. The number of nitrogens with zero attached hydrogens (tertiary/aromatic N) is 1. The first-order valence-electron chi connectivity index (χ1n) is 7.61. The van der Waals surface area contributed by atoms with E-state index < -0.39 is 0 Å². The summed E-state index contributed by atoms with van der Waals surface area (Å²) >= 11 is 1.54. The third-order valence-electron chi connectivity index (χ3n) is 3.79.